The third kappa shape index (κ3) is 2.20. The Morgan fingerprint density at radius 1 is 1.42 bits per heavy atom. The van der Waals surface area contributed by atoms with E-state index in [2.05, 4.69) is 12.2 Å². The van der Waals surface area contributed by atoms with Crippen molar-refractivity contribution in [3.05, 3.63) is 0 Å². The highest BCUT2D eigenvalue weighted by molar-refractivity contribution is 4.84. The van der Waals surface area contributed by atoms with Crippen molar-refractivity contribution >= 4 is 0 Å². The molecule has 0 amide bonds. The minimum absolute atomic E-state index is 0.506. The normalized spacial score (nSPS) is 32.2. The zero-order chi connectivity index (χ0) is 8.39. The highest BCUT2D eigenvalue weighted by Crippen LogP contribution is 2.32. The first-order valence-electron chi connectivity index (χ1n) is 5.21. The largest absolute Gasteiger partial charge is 0.377 e. The van der Waals surface area contributed by atoms with Crippen LogP contribution in [0.3, 0.4) is 0 Å². The van der Waals surface area contributed by atoms with E-state index < -0.39 is 0 Å². The lowest BCUT2D eigenvalue weighted by molar-refractivity contribution is 0.107. The summed E-state index contributed by atoms with van der Waals surface area (Å²) in [6.45, 7) is 4.34. The molecule has 0 aromatic heterocycles. The summed E-state index contributed by atoms with van der Waals surface area (Å²) in [5.74, 6) is 0.964. The molecule has 1 heterocycles. The van der Waals surface area contributed by atoms with E-state index >= 15 is 0 Å². The Hall–Kier alpha value is -0.0800. The molecule has 2 rings (SSSR count). The molecule has 0 radical (unpaired) electrons. The van der Waals surface area contributed by atoms with Crippen molar-refractivity contribution < 1.29 is 4.74 Å². The fourth-order valence-corrected chi connectivity index (χ4v) is 1.89. The molecule has 0 bridgehead atoms. The van der Waals surface area contributed by atoms with Crippen LogP contribution in [0.4, 0.5) is 0 Å². The van der Waals surface area contributed by atoms with Crippen molar-refractivity contribution in [1.82, 2.24) is 5.32 Å². The summed E-state index contributed by atoms with van der Waals surface area (Å²) >= 11 is 0. The van der Waals surface area contributed by atoms with Crippen LogP contribution in [0, 0.1) is 5.92 Å². The first-order valence-corrected chi connectivity index (χ1v) is 5.21. The number of ether oxygens (including phenoxy) is 1. The van der Waals surface area contributed by atoms with Gasteiger partial charge in [-0.25, -0.2) is 0 Å². The van der Waals surface area contributed by atoms with Gasteiger partial charge in [-0.2, -0.15) is 0 Å². The maximum absolute atomic E-state index is 5.54. The van der Waals surface area contributed by atoms with Gasteiger partial charge in [0.2, 0.25) is 0 Å². The van der Waals surface area contributed by atoms with Crippen molar-refractivity contribution in [2.45, 2.75) is 44.8 Å². The van der Waals surface area contributed by atoms with Crippen LogP contribution >= 0.6 is 0 Å². The van der Waals surface area contributed by atoms with Crippen LogP contribution in [-0.4, -0.2) is 25.3 Å². The van der Waals surface area contributed by atoms with E-state index in [0.717, 1.165) is 19.1 Å². The van der Waals surface area contributed by atoms with Crippen molar-refractivity contribution in [1.29, 1.82) is 0 Å². The maximum atomic E-state index is 5.54. The summed E-state index contributed by atoms with van der Waals surface area (Å²) in [5.41, 5.74) is 0. The van der Waals surface area contributed by atoms with Crippen LogP contribution < -0.4 is 5.32 Å². The SMILES string of the molecule is C[C@@H](NC[C@@H]1CCCO1)C1CC1. The fourth-order valence-electron chi connectivity index (χ4n) is 1.89. The van der Waals surface area contributed by atoms with E-state index in [0.29, 0.717) is 12.1 Å². The van der Waals surface area contributed by atoms with E-state index in [1.807, 2.05) is 0 Å². The molecule has 1 saturated carbocycles. The molecular weight excluding hydrogens is 150 g/mol. The van der Waals surface area contributed by atoms with Crippen molar-refractivity contribution in [2.75, 3.05) is 13.2 Å². The fraction of sp³-hybridized carbons (Fsp3) is 1.00. The van der Waals surface area contributed by atoms with Crippen molar-refractivity contribution in [3.8, 4) is 0 Å². The monoisotopic (exact) mass is 169 g/mol. The average Bonchev–Trinajstić information content (AvgIpc) is 2.80. The summed E-state index contributed by atoms with van der Waals surface area (Å²) in [5, 5.41) is 3.56. The van der Waals surface area contributed by atoms with E-state index in [1.165, 1.54) is 25.7 Å². The lowest BCUT2D eigenvalue weighted by atomic mass is 10.2. The standard InChI is InChI=1S/C10H19NO/c1-8(9-4-5-9)11-7-10-3-2-6-12-10/h8-11H,2-7H2,1H3/t8-,10+/m1/s1. The first kappa shape index (κ1) is 8.52. The molecule has 0 aromatic rings. The first-order chi connectivity index (χ1) is 5.86. The van der Waals surface area contributed by atoms with Gasteiger partial charge in [-0.15, -0.1) is 0 Å². The minimum Gasteiger partial charge on any atom is -0.377 e. The molecule has 2 atom stereocenters. The lowest BCUT2D eigenvalue weighted by Crippen LogP contribution is -2.34. The van der Waals surface area contributed by atoms with E-state index in [4.69, 9.17) is 4.74 Å². The molecule has 0 spiro atoms. The third-order valence-electron chi connectivity index (χ3n) is 3.02. The number of rotatable bonds is 4. The summed E-state index contributed by atoms with van der Waals surface area (Å²) in [6, 6.07) is 0.717. The molecular formula is C10H19NO. The molecule has 1 N–H and O–H groups in total. The number of hydrogen-bond donors (Lipinski definition) is 1. The molecule has 0 unspecified atom stereocenters. The third-order valence-corrected chi connectivity index (χ3v) is 3.02. The molecule has 1 saturated heterocycles. The van der Waals surface area contributed by atoms with Gasteiger partial charge in [-0.3, -0.25) is 0 Å². The van der Waals surface area contributed by atoms with Gasteiger partial charge < -0.3 is 10.1 Å². The summed E-state index contributed by atoms with van der Waals surface area (Å²) in [6.07, 6.45) is 5.87. The van der Waals surface area contributed by atoms with Gasteiger partial charge in [-0.1, -0.05) is 0 Å². The molecule has 1 aliphatic carbocycles. The van der Waals surface area contributed by atoms with Gasteiger partial charge in [0.15, 0.2) is 0 Å². The molecule has 2 fully saturated rings. The predicted octanol–water partition coefficient (Wildman–Crippen LogP) is 1.55. The highest BCUT2D eigenvalue weighted by Gasteiger charge is 2.28. The second-order valence-electron chi connectivity index (χ2n) is 4.17. The van der Waals surface area contributed by atoms with Gasteiger partial charge in [-0.05, 0) is 38.5 Å². The van der Waals surface area contributed by atoms with Crippen LogP contribution in [-0.2, 0) is 4.74 Å². The molecule has 2 heteroatoms. The van der Waals surface area contributed by atoms with Crippen LogP contribution in [0.1, 0.15) is 32.6 Å². The minimum atomic E-state index is 0.506. The van der Waals surface area contributed by atoms with Crippen LogP contribution in [0.2, 0.25) is 0 Å². The van der Waals surface area contributed by atoms with Gasteiger partial charge in [0, 0.05) is 19.2 Å². The maximum Gasteiger partial charge on any atom is 0.0700 e. The van der Waals surface area contributed by atoms with Crippen molar-refractivity contribution in [3.63, 3.8) is 0 Å². The smallest absolute Gasteiger partial charge is 0.0700 e. The van der Waals surface area contributed by atoms with Gasteiger partial charge in [0.1, 0.15) is 0 Å². The van der Waals surface area contributed by atoms with E-state index in [1.54, 1.807) is 0 Å². The Labute approximate surface area is 74.7 Å². The summed E-state index contributed by atoms with van der Waals surface area (Å²) in [4.78, 5) is 0. The Morgan fingerprint density at radius 2 is 2.25 bits per heavy atom. The van der Waals surface area contributed by atoms with Crippen molar-refractivity contribution in [2.24, 2.45) is 5.92 Å². The van der Waals surface area contributed by atoms with E-state index in [-0.39, 0.29) is 0 Å². The molecule has 12 heavy (non-hydrogen) atoms. The Morgan fingerprint density at radius 3 is 2.83 bits per heavy atom. The Kier molecular flexibility index (Phi) is 2.66. The predicted molar refractivity (Wildman–Crippen MR) is 49.2 cm³/mol. The number of nitrogens with one attached hydrogen (secondary N) is 1. The lowest BCUT2D eigenvalue weighted by Gasteiger charge is -2.15. The zero-order valence-corrected chi connectivity index (χ0v) is 7.88. The second-order valence-corrected chi connectivity index (χ2v) is 4.17. The van der Waals surface area contributed by atoms with Gasteiger partial charge >= 0.3 is 0 Å². The molecule has 2 aliphatic rings. The topological polar surface area (TPSA) is 21.3 Å². The van der Waals surface area contributed by atoms with Crippen LogP contribution in [0.25, 0.3) is 0 Å². The summed E-state index contributed by atoms with van der Waals surface area (Å²) < 4.78 is 5.54. The summed E-state index contributed by atoms with van der Waals surface area (Å²) in [7, 11) is 0. The molecule has 70 valence electrons. The van der Waals surface area contributed by atoms with Crippen LogP contribution in [0.5, 0.6) is 0 Å². The molecule has 0 aromatic carbocycles. The van der Waals surface area contributed by atoms with Gasteiger partial charge in [0.25, 0.3) is 0 Å². The molecule has 2 nitrogen and oxygen atoms in total. The highest BCUT2D eigenvalue weighted by atomic mass is 16.5. The number of hydrogen-bond acceptors (Lipinski definition) is 2. The average molecular weight is 169 g/mol. The van der Waals surface area contributed by atoms with E-state index in [9.17, 15) is 0 Å². The van der Waals surface area contributed by atoms with Gasteiger partial charge in [0.05, 0.1) is 6.10 Å². The molecule has 1 aliphatic heterocycles. The second kappa shape index (κ2) is 3.75. The Balaban J connectivity index is 1.60. The quantitative estimate of drug-likeness (QED) is 0.689. The van der Waals surface area contributed by atoms with Crippen LogP contribution in [0.15, 0.2) is 0 Å². The Bertz CT molecular complexity index is 137. The zero-order valence-electron chi connectivity index (χ0n) is 7.88.